The van der Waals surface area contributed by atoms with E-state index in [-0.39, 0.29) is 5.82 Å². The van der Waals surface area contributed by atoms with E-state index >= 15 is 0 Å². The maximum atomic E-state index is 13.7. The number of piperidine rings is 1. The number of rotatable bonds is 4. The molecule has 0 atom stereocenters. The van der Waals surface area contributed by atoms with Gasteiger partial charge in [-0.05, 0) is 49.2 Å². The van der Waals surface area contributed by atoms with Crippen LogP contribution in [0.5, 0.6) is 0 Å². The first-order valence-corrected chi connectivity index (χ1v) is 9.50. The van der Waals surface area contributed by atoms with E-state index in [0.29, 0.717) is 0 Å². The average Bonchev–Trinajstić information content (AvgIpc) is 2.68. The van der Waals surface area contributed by atoms with Crippen LogP contribution >= 0.6 is 0 Å². The molecule has 1 fully saturated rings. The Morgan fingerprint density at radius 2 is 1.81 bits per heavy atom. The standard InChI is InChI=1S/C22H25FN4/c1-26(2)22-15-21(16-7-6-8-17(23)13-16)24-20-10-9-18(14-19(20)22)25-27-11-4-3-5-12-27/h6-10,13-15,25H,3-5,11-12H2,1-2H3. The van der Waals surface area contributed by atoms with Gasteiger partial charge in [-0.15, -0.1) is 0 Å². The highest BCUT2D eigenvalue weighted by atomic mass is 19.1. The van der Waals surface area contributed by atoms with Crippen molar-refractivity contribution in [2.45, 2.75) is 19.3 Å². The summed E-state index contributed by atoms with van der Waals surface area (Å²) in [5.41, 5.74) is 8.15. The molecule has 1 N–H and O–H groups in total. The highest BCUT2D eigenvalue weighted by Crippen LogP contribution is 2.32. The lowest BCUT2D eigenvalue weighted by atomic mass is 10.1. The summed E-state index contributed by atoms with van der Waals surface area (Å²) in [6.45, 7) is 2.16. The van der Waals surface area contributed by atoms with E-state index in [0.717, 1.165) is 46.6 Å². The van der Waals surface area contributed by atoms with Gasteiger partial charge in [0.1, 0.15) is 5.82 Å². The second kappa shape index (κ2) is 7.53. The minimum absolute atomic E-state index is 0.248. The zero-order valence-electron chi connectivity index (χ0n) is 15.9. The SMILES string of the molecule is CN(C)c1cc(-c2cccc(F)c2)nc2ccc(NN3CCCCC3)cc12. The van der Waals surface area contributed by atoms with Crippen LogP contribution in [0.25, 0.3) is 22.2 Å². The summed E-state index contributed by atoms with van der Waals surface area (Å²) >= 11 is 0. The summed E-state index contributed by atoms with van der Waals surface area (Å²) in [6.07, 6.45) is 3.79. The summed E-state index contributed by atoms with van der Waals surface area (Å²) in [7, 11) is 4.05. The molecule has 0 unspecified atom stereocenters. The van der Waals surface area contributed by atoms with Gasteiger partial charge in [-0.3, -0.25) is 0 Å². The van der Waals surface area contributed by atoms with Gasteiger partial charge in [-0.1, -0.05) is 18.6 Å². The third kappa shape index (κ3) is 3.88. The Balaban J connectivity index is 1.74. The predicted molar refractivity (Wildman–Crippen MR) is 111 cm³/mol. The second-order valence-corrected chi connectivity index (χ2v) is 7.32. The van der Waals surface area contributed by atoms with Gasteiger partial charge in [0, 0.05) is 49.5 Å². The minimum Gasteiger partial charge on any atom is -0.377 e. The van der Waals surface area contributed by atoms with Crippen molar-refractivity contribution in [2.75, 3.05) is 37.5 Å². The molecular formula is C22H25FN4. The van der Waals surface area contributed by atoms with Gasteiger partial charge in [0.2, 0.25) is 0 Å². The maximum Gasteiger partial charge on any atom is 0.123 e. The number of hydrogen-bond acceptors (Lipinski definition) is 4. The molecule has 4 rings (SSSR count). The molecule has 0 amide bonds. The first-order valence-electron chi connectivity index (χ1n) is 9.50. The molecule has 1 aromatic heterocycles. The van der Waals surface area contributed by atoms with Crippen LogP contribution in [-0.2, 0) is 0 Å². The average molecular weight is 364 g/mol. The highest BCUT2D eigenvalue weighted by molar-refractivity contribution is 5.96. The monoisotopic (exact) mass is 364 g/mol. The van der Waals surface area contributed by atoms with Gasteiger partial charge in [0.05, 0.1) is 11.2 Å². The van der Waals surface area contributed by atoms with Gasteiger partial charge in [-0.25, -0.2) is 14.4 Å². The van der Waals surface area contributed by atoms with E-state index in [1.165, 1.54) is 31.4 Å². The van der Waals surface area contributed by atoms with Crippen molar-refractivity contribution in [3.63, 3.8) is 0 Å². The molecule has 140 valence electrons. The van der Waals surface area contributed by atoms with E-state index in [9.17, 15) is 4.39 Å². The van der Waals surface area contributed by atoms with Crippen LogP contribution in [0.4, 0.5) is 15.8 Å². The minimum atomic E-state index is -0.248. The molecule has 1 aliphatic heterocycles. The number of nitrogens with one attached hydrogen (secondary N) is 1. The quantitative estimate of drug-likeness (QED) is 0.712. The third-order valence-corrected chi connectivity index (χ3v) is 5.03. The van der Waals surface area contributed by atoms with E-state index in [4.69, 9.17) is 4.98 Å². The molecule has 2 heterocycles. The molecule has 2 aromatic carbocycles. The molecule has 3 aromatic rings. The Morgan fingerprint density at radius 1 is 1.00 bits per heavy atom. The lowest BCUT2D eigenvalue weighted by molar-refractivity contribution is 0.273. The first kappa shape index (κ1) is 17.7. The van der Waals surface area contributed by atoms with Crippen molar-refractivity contribution in [2.24, 2.45) is 0 Å². The Morgan fingerprint density at radius 3 is 2.56 bits per heavy atom. The summed E-state index contributed by atoms with van der Waals surface area (Å²) in [4.78, 5) is 6.86. The molecule has 5 heteroatoms. The normalized spacial score (nSPS) is 15.1. The topological polar surface area (TPSA) is 31.4 Å². The van der Waals surface area contributed by atoms with Gasteiger partial charge >= 0.3 is 0 Å². The fourth-order valence-corrected chi connectivity index (χ4v) is 3.63. The number of hydrogen-bond donors (Lipinski definition) is 1. The molecule has 4 nitrogen and oxygen atoms in total. The fraction of sp³-hybridized carbons (Fsp3) is 0.318. The predicted octanol–water partition coefficient (Wildman–Crippen LogP) is 4.92. The molecule has 0 spiro atoms. The van der Waals surface area contributed by atoms with Gasteiger partial charge in [0.25, 0.3) is 0 Å². The largest absolute Gasteiger partial charge is 0.377 e. The van der Waals surface area contributed by atoms with Gasteiger partial charge in [-0.2, -0.15) is 0 Å². The van der Waals surface area contributed by atoms with E-state index < -0.39 is 0 Å². The Hall–Kier alpha value is -2.66. The van der Waals surface area contributed by atoms with Crippen LogP contribution in [-0.4, -0.2) is 37.2 Å². The summed E-state index contributed by atoms with van der Waals surface area (Å²) in [6, 6.07) is 14.9. The number of aromatic nitrogens is 1. The van der Waals surface area contributed by atoms with Crippen LogP contribution < -0.4 is 10.3 Å². The van der Waals surface area contributed by atoms with Crippen molar-refractivity contribution < 1.29 is 4.39 Å². The number of halogens is 1. The lowest BCUT2D eigenvalue weighted by Gasteiger charge is -2.28. The van der Waals surface area contributed by atoms with Gasteiger partial charge < -0.3 is 10.3 Å². The molecule has 27 heavy (non-hydrogen) atoms. The van der Waals surface area contributed by atoms with Gasteiger partial charge in [0.15, 0.2) is 0 Å². The van der Waals surface area contributed by atoms with Crippen LogP contribution in [0.1, 0.15) is 19.3 Å². The molecule has 0 aliphatic carbocycles. The van der Waals surface area contributed by atoms with Crippen molar-refractivity contribution in [1.82, 2.24) is 9.99 Å². The number of anilines is 2. The van der Waals surface area contributed by atoms with E-state index in [2.05, 4.69) is 27.5 Å². The van der Waals surface area contributed by atoms with Crippen molar-refractivity contribution in [3.05, 3.63) is 54.3 Å². The molecule has 1 saturated heterocycles. The van der Waals surface area contributed by atoms with Crippen molar-refractivity contribution in [1.29, 1.82) is 0 Å². The number of fused-ring (bicyclic) bond motifs is 1. The highest BCUT2D eigenvalue weighted by Gasteiger charge is 2.13. The number of nitrogens with zero attached hydrogens (tertiary/aromatic N) is 3. The molecule has 0 bridgehead atoms. The van der Waals surface area contributed by atoms with Crippen LogP contribution in [0.15, 0.2) is 48.5 Å². The molecular weight excluding hydrogens is 339 g/mol. The number of benzene rings is 2. The van der Waals surface area contributed by atoms with Crippen LogP contribution in [0.3, 0.4) is 0 Å². The van der Waals surface area contributed by atoms with Crippen molar-refractivity contribution >= 4 is 22.3 Å². The Labute approximate surface area is 159 Å². The summed E-state index contributed by atoms with van der Waals surface area (Å²) in [5.74, 6) is -0.248. The molecule has 0 saturated carbocycles. The summed E-state index contributed by atoms with van der Waals surface area (Å²) < 4.78 is 13.7. The van der Waals surface area contributed by atoms with Crippen molar-refractivity contribution in [3.8, 4) is 11.3 Å². The summed E-state index contributed by atoms with van der Waals surface area (Å²) in [5, 5.41) is 3.37. The Kier molecular flexibility index (Phi) is 4.94. The second-order valence-electron chi connectivity index (χ2n) is 7.32. The fourth-order valence-electron chi connectivity index (χ4n) is 3.63. The van der Waals surface area contributed by atoms with Crippen LogP contribution in [0, 0.1) is 5.82 Å². The van der Waals surface area contributed by atoms with Crippen LogP contribution in [0.2, 0.25) is 0 Å². The van der Waals surface area contributed by atoms with E-state index in [1.807, 2.05) is 32.3 Å². The Bertz CT molecular complexity index is 948. The van der Waals surface area contributed by atoms with E-state index in [1.54, 1.807) is 6.07 Å². The zero-order chi connectivity index (χ0) is 18.8. The molecule has 1 aliphatic rings. The first-order chi connectivity index (χ1) is 13.1. The smallest absolute Gasteiger partial charge is 0.123 e. The zero-order valence-corrected chi connectivity index (χ0v) is 15.9. The molecule has 0 radical (unpaired) electrons. The lowest BCUT2D eigenvalue weighted by Crippen LogP contribution is -2.34. The maximum absolute atomic E-state index is 13.7. The number of hydrazine groups is 1. The number of pyridine rings is 1. The third-order valence-electron chi connectivity index (χ3n) is 5.03.